The van der Waals surface area contributed by atoms with Crippen molar-refractivity contribution in [2.75, 3.05) is 20.1 Å². The Bertz CT molecular complexity index is 656. The van der Waals surface area contributed by atoms with Gasteiger partial charge in [0.2, 0.25) is 5.91 Å². The van der Waals surface area contributed by atoms with Crippen LogP contribution in [0.15, 0.2) is 42.7 Å². The highest BCUT2D eigenvalue weighted by molar-refractivity contribution is 6.30. The van der Waals surface area contributed by atoms with E-state index in [1.165, 1.54) is 5.56 Å². The number of piperidine rings is 1. The lowest BCUT2D eigenvalue weighted by molar-refractivity contribution is -0.133. The van der Waals surface area contributed by atoms with Crippen LogP contribution in [0.1, 0.15) is 18.4 Å². The summed E-state index contributed by atoms with van der Waals surface area (Å²) < 4.78 is 1.81. The quantitative estimate of drug-likeness (QED) is 0.934. The molecule has 0 bridgehead atoms. The van der Waals surface area contributed by atoms with Gasteiger partial charge in [0, 0.05) is 37.6 Å². The minimum absolute atomic E-state index is 0.0157. The number of carbonyl (C=O) groups excluding carboxylic acids is 1. The van der Waals surface area contributed by atoms with Crippen molar-refractivity contribution >= 4 is 17.5 Å². The van der Waals surface area contributed by atoms with Crippen molar-refractivity contribution in [2.45, 2.75) is 24.9 Å². The summed E-state index contributed by atoms with van der Waals surface area (Å²) in [7, 11) is 1.69. The highest BCUT2D eigenvalue weighted by atomic mass is 35.5. The number of amides is 1. The number of nitrogens with zero attached hydrogens (tertiary/aromatic N) is 3. The highest BCUT2D eigenvalue weighted by Crippen LogP contribution is 2.29. The lowest BCUT2D eigenvalue weighted by Crippen LogP contribution is -2.57. The van der Waals surface area contributed by atoms with Gasteiger partial charge in [0.1, 0.15) is 0 Å². The van der Waals surface area contributed by atoms with Crippen molar-refractivity contribution in [2.24, 2.45) is 0 Å². The molecule has 0 radical (unpaired) electrons. The van der Waals surface area contributed by atoms with Crippen LogP contribution >= 0.6 is 11.6 Å². The molecule has 3 rings (SSSR count). The van der Waals surface area contributed by atoms with E-state index in [9.17, 15) is 4.79 Å². The van der Waals surface area contributed by atoms with Gasteiger partial charge in [-0.25, -0.2) is 0 Å². The summed E-state index contributed by atoms with van der Waals surface area (Å²) in [6, 6.07) is 9.74. The number of hydrogen-bond acceptors (Lipinski definition) is 3. The number of hydrogen-bond donors (Lipinski definition) is 1. The normalized spacial score (nSPS) is 22.0. The molecule has 6 heteroatoms. The molecule has 2 aromatic rings. The molecule has 122 valence electrons. The van der Waals surface area contributed by atoms with E-state index in [0.29, 0.717) is 6.54 Å². The molecule has 1 aromatic carbocycles. The zero-order chi connectivity index (χ0) is 16.3. The van der Waals surface area contributed by atoms with Crippen LogP contribution < -0.4 is 5.32 Å². The summed E-state index contributed by atoms with van der Waals surface area (Å²) in [6.07, 6.45) is 5.36. The molecule has 1 unspecified atom stereocenters. The van der Waals surface area contributed by atoms with Crippen LogP contribution in [0.3, 0.4) is 0 Å². The van der Waals surface area contributed by atoms with Crippen molar-refractivity contribution in [1.82, 2.24) is 20.0 Å². The first-order valence-electron chi connectivity index (χ1n) is 7.83. The molecule has 1 amide bonds. The van der Waals surface area contributed by atoms with E-state index >= 15 is 0 Å². The van der Waals surface area contributed by atoms with Crippen molar-refractivity contribution in [3.05, 3.63) is 53.3 Å². The standard InChI is InChI=1S/C17H21ClN4O/c1-19-16(23)17(22-11-3-9-20-22)8-2-10-21(13-17)12-14-4-6-15(18)7-5-14/h3-7,9,11H,2,8,10,12-13H2,1H3,(H,19,23). The van der Waals surface area contributed by atoms with Gasteiger partial charge < -0.3 is 5.32 Å². The topological polar surface area (TPSA) is 50.2 Å². The molecular weight excluding hydrogens is 312 g/mol. The van der Waals surface area contributed by atoms with Crippen LogP contribution in [-0.2, 0) is 16.9 Å². The smallest absolute Gasteiger partial charge is 0.249 e. The third-order valence-corrected chi connectivity index (χ3v) is 4.71. The van der Waals surface area contributed by atoms with Gasteiger partial charge in [-0.2, -0.15) is 5.10 Å². The van der Waals surface area contributed by atoms with Crippen LogP contribution in [0.2, 0.25) is 5.02 Å². The number of rotatable bonds is 4. The fraction of sp³-hybridized carbons (Fsp3) is 0.412. The lowest BCUT2D eigenvalue weighted by Gasteiger charge is -2.41. The summed E-state index contributed by atoms with van der Waals surface area (Å²) >= 11 is 5.95. The van der Waals surface area contributed by atoms with Gasteiger partial charge in [-0.05, 0) is 43.1 Å². The Labute approximate surface area is 141 Å². The maximum Gasteiger partial charge on any atom is 0.249 e. The number of likely N-dealkylation sites (N-methyl/N-ethyl adjacent to an activating group) is 1. The molecule has 0 aliphatic carbocycles. The fourth-order valence-electron chi connectivity index (χ4n) is 3.34. The van der Waals surface area contributed by atoms with E-state index in [4.69, 9.17) is 11.6 Å². The van der Waals surface area contributed by atoms with E-state index in [-0.39, 0.29) is 5.91 Å². The van der Waals surface area contributed by atoms with Gasteiger partial charge in [0.15, 0.2) is 5.54 Å². The third-order valence-electron chi connectivity index (χ3n) is 4.46. The summed E-state index contributed by atoms with van der Waals surface area (Å²) in [4.78, 5) is 14.9. The number of halogens is 1. The Morgan fingerprint density at radius 3 is 2.83 bits per heavy atom. The molecule has 1 aromatic heterocycles. The summed E-state index contributed by atoms with van der Waals surface area (Å²) in [5.74, 6) is 0.0157. The predicted octanol–water partition coefficient (Wildman–Crippen LogP) is 2.27. The second-order valence-corrected chi connectivity index (χ2v) is 6.44. The van der Waals surface area contributed by atoms with Crippen molar-refractivity contribution < 1.29 is 4.79 Å². The summed E-state index contributed by atoms with van der Waals surface area (Å²) in [5, 5.41) is 7.90. The van der Waals surface area contributed by atoms with E-state index in [2.05, 4.69) is 15.3 Å². The number of benzene rings is 1. The van der Waals surface area contributed by atoms with Gasteiger partial charge in [-0.15, -0.1) is 0 Å². The minimum atomic E-state index is -0.636. The molecule has 1 fully saturated rings. The molecule has 2 heterocycles. The van der Waals surface area contributed by atoms with Gasteiger partial charge in [-0.1, -0.05) is 23.7 Å². The summed E-state index contributed by atoms with van der Waals surface area (Å²) in [6.45, 7) is 2.43. The monoisotopic (exact) mass is 332 g/mol. The van der Waals surface area contributed by atoms with Crippen LogP contribution in [0, 0.1) is 0 Å². The molecule has 1 saturated heterocycles. The van der Waals surface area contributed by atoms with Crippen molar-refractivity contribution in [1.29, 1.82) is 0 Å². The second-order valence-electron chi connectivity index (χ2n) is 6.00. The molecule has 0 saturated carbocycles. The number of likely N-dealkylation sites (tertiary alicyclic amines) is 1. The van der Waals surface area contributed by atoms with Gasteiger partial charge in [0.25, 0.3) is 0 Å². The maximum atomic E-state index is 12.6. The zero-order valence-corrected chi connectivity index (χ0v) is 14.0. The average molecular weight is 333 g/mol. The molecule has 1 atom stereocenters. The SMILES string of the molecule is CNC(=O)C1(n2cccn2)CCCN(Cc2ccc(Cl)cc2)C1. The van der Waals surface area contributed by atoms with Gasteiger partial charge in [-0.3, -0.25) is 14.4 Å². The molecule has 1 aliphatic rings. The molecule has 1 N–H and O–H groups in total. The lowest BCUT2D eigenvalue weighted by atomic mass is 9.87. The first-order valence-corrected chi connectivity index (χ1v) is 8.21. The first-order chi connectivity index (χ1) is 11.1. The van der Waals surface area contributed by atoms with Gasteiger partial charge in [0.05, 0.1) is 0 Å². The van der Waals surface area contributed by atoms with Crippen LogP contribution in [0.25, 0.3) is 0 Å². The first kappa shape index (κ1) is 16.0. The second kappa shape index (κ2) is 6.72. The minimum Gasteiger partial charge on any atom is -0.357 e. The summed E-state index contributed by atoms with van der Waals surface area (Å²) in [5.41, 5.74) is 0.561. The maximum absolute atomic E-state index is 12.6. The molecule has 1 aliphatic heterocycles. The predicted molar refractivity (Wildman–Crippen MR) is 90.2 cm³/mol. The molecule has 23 heavy (non-hydrogen) atoms. The van der Waals surface area contributed by atoms with Crippen LogP contribution in [0.4, 0.5) is 0 Å². The fourth-order valence-corrected chi connectivity index (χ4v) is 3.46. The number of aromatic nitrogens is 2. The van der Waals surface area contributed by atoms with Crippen LogP contribution in [0.5, 0.6) is 0 Å². The third kappa shape index (κ3) is 3.26. The Hall–Kier alpha value is -1.85. The zero-order valence-electron chi connectivity index (χ0n) is 13.2. The van der Waals surface area contributed by atoms with E-state index in [1.807, 2.05) is 36.5 Å². The highest BCUT2D eigenvalue weighted by Gasteiger charge is 2.43. The Morgan fingerprint density at radius 2 is 2.17 bits per heavy atom. The van der Waals surface area contributed by atoms with Crippen LogP contribution in [-0.4, -0.2) is 40.7 Å². The Kier molecular flexibility index (Phi) is 4.68. The Balaban J connectivity index is 1.82. The molecule has 5 nitrogen and oxygen atoms in total. The van der Waals surface area contributed by atoms with Crippen molar-refractivity contribution in [3.8, 4) is 0 Å². The van der Waals surface area contributed by atoms with Crippen molar-refractivity contribution in [3.63, 3.8) is 0 Å². The average Bonchev–Trinajstić information content (AvgIpc) is 3.11. The number of nitrogens with one attached hydrogen (secondary N) is 1. The number of carbonyl (C=O) groups is 1. The van der Waals surface area contributed by atoms with E-state index in [0.717, 1.165) is 31.0 Å². The molecule has 0 spiro atoms. The Morgan fingerprint density at radius 1 is 1.39 bits per heavy atom. The van der Waals surface area contributed by atoms with Gasteiger partial charge >= 0.3 is 0 Å². The van der Waals surface area contributed by atoms with E-state index in [1.54, 1.807) is 17.9 Å². The largest absolute Gasteiger partial charge is 0.357 e. The van der Waals surface area contributed by atoms with E-state index < -0.39 is 5.54 Å². The molecular formula is C17H21ClN4O.